The van der Waals surface area contributed by atoms with E-state index in [2.05, 4.69) is 11.8 Å². The van der Waals surface area contributed by atoms with Gasteiger partial charge in [-0.15, -0.1) is 0 Å². The van der Waals surface area contributed by atoms with Crippen LogP contribution < -0.4 is 0 Å². The van der Waals surface area contributed by atoms with Crippen LogP contribution in [0.3, 0.4) is 0 Å². The van der Waals surface area contributed by atoms with Crippen molar-refractivity contribution in [3.05, 3.63) is 0 Å². The molecule has 124 valence electrons. The molecule has 5 heteroatoms. The number of piperidine rings is 2. The van der Waals surface area contributed by atoms with Crippen molar-refractivity contribution in [3.8, 4) is 0 Å². The third kappa shape index (κ3) is 5.67. The first-order valence-corrected chi connectivity index (χ1v) is 10.7. The van der Waals surface area contributed by atoms with Gasteiger partial charge in [0.25, 0.3) is 0 Å². The predicted octanol–water partition coefficient (Wildman–Crippen LogP) is 4.30. The molecule has 0 aromatic heterocycles. The van der Waals surface area contributed by atoms with E-state index in [1.54, 1.807) is 6.66 Å². The molecule has 0 aliphatic carbocycles. The monoisotopic (exact) mass is 317 g/mol. The first-order valence-electron chi connectivity index (χ1n) is 8.73. The van der Waals surface area contributed by atoms with Gasteiger partial charge in [-0.2, -0.15) is 0 Å². The van der Waals surface area contributed by atoms with Gasteiger partial charge >= 0.3 is 7.60 Å². The molecular formula is C16H32NO3P. The Morgan fingerprint density at radius 3 is 2.71 bits per heavy atom. The van der Waals surface area contributed by atoms with Gasteiger partial charge in [0.1, 0.15) is 0 Å². The van der Waals surface area contributed by atoms with Crippen molar-refractivity contribution in [2.24, 2.45) is 5.92 Å². The molecule has 2 fully saturated rings. The van der Waals surface area contributed by atoms with Crippen molar-refractivity contribution in [1.82, 2.24) is 4.90 Å². The zero-order chi connectivity index (χ0) is 15.1. The fourth-order valence-electron chi connectivity index (χ4n) is 3.62. The SMILES string of the molecule is CCCCCO[P@](C)(=O)OC[C@@H]1CCCN2CCCC[C@H]12. The van der Waals surface area contributed by atoms with Crippen molar-refractivity contribution >= 4 is 7.60 Å². The lowest BCUT2D eigenvalue weighted by molar-refractivity contribution is 0.0329. The lowest BCUT2D eigenvalue weighted by Gasteiger charge is -2.44. The predicted molar refractivity (Wildman–Crippen MR) is 86.9 cm³/mol. The van der Waals surface area contributed by atoms with Crippen LogP contribution in [0.2, 0.25) is 0 Å². The van der Waals surface area contributed by atoms with Crippen LogP contribution in [0.15, 0.2) is 0 Å². The number of nitrogens with zero attached hydrogens (tertiary/aromatic N) is 1. The Bertz CT molecular complexity index is 348. The molecule has 0 bridgehead atoms. The molecule has 0 saturated carbocycles. The zero-order valence-electron chi connectivity index (χ0n) is 13.8. The van der Waals surface area contributed by atoms with Crippen LogP contribution >= 0.6 is 7.60 Å². The third-order valence-corrected chi connectivity index (χ3v) is 6.10. The highest BCUT2D eigenvalue weighted by molar-refractivity contribution is 7.52. The molecule has 0 spiro atoms. The van der Waals surface area contributed by atoms with Gasteiger partial charge in [0.05, 0.1) is 13.2 Å². The highest BCUT2D eigenvalue weighted by atomic mass is 31.2. The maximum Gasteiger partial charge on any atom is 0.327 e. The Hall–Kier alpha value is 0.110. The number of fused-ring (bicyclic) bond motifs is 1. The summed E-state index contributed by atoms with van der Waals surface area (Å²) in [5, 5.41) is 0. The van der Waals surface area contributed by atoms with Crippen molar-refractivity contribution in [2.45, 2.75) is 64.3 Å². The molecule has 0 amide bonds. The molecule has 4 nitrogen and oxygen atoms in total. The molecule has 0 aromatic carbocycles. The summed E-state index contributed by atoms with van der Waals surface area (Å²) in [6.45, 7) is 7.41. The second kappa shape index (κ2) is 8.67. The molecule has 0 aromatic rings. The topological polar surface area (TPSA) is 38.8 Å². The van der Waals surface area contributed by atoms with Gasteiger partial charge in [0, 0.05) is 12.7 Å². The molecular weight excluding hydrogens is 285 g/mol. The largest absolute Gasteiger partial charge is 0.327 e. The average molecular weight is 317 g/mol. The molecule has 0 unspecified atom stereocenters. The molecule has 0 radical (unpaired) electrons. The molecule has 2 aliphatic heterocycles. The van der Waals surface area contributed by atoms with Gasteiger partial charge in [-0.1, -0.05) is 26.2 Å². The third-order valence-electron chi connectivity index (χ3n) is 4.83. The minimum absolute atomic E-state index is 0.534. The van der Waals surface area contributed by atoms with Gasteiger partial charge in [0.15, 0.2) is 0 Å². The normalized spacial score (nSPS) is 29.8. The molecule has 2 aliphatic rings. The van der Waals surface area contributed by atoms with E-state index in [-0.39, 0.29) is 0 Å². The summed E-state index contributed by atoms with van der Waals surface area (Å²) in [6, 6.07) is 0.646. The molecule has 2 rings (SSSR count). The van der Waals surface area contributed by atoms with E-state index < -0.39 is 7.60 Å². The molecule has 2 heterocycles. The van der Waals surface area contributed by atoms with Gasteiger partial charge in [-0.25, -0.2) is 0 Å². The van der Waals surface area contributed by atoms with E-state index in [0.717, 1.165) is 19.3 Å². The Labute approximate surface area is 130 Å². The summed E-state index contributed by atoms with van der Waals surface area (Å²) in [7, 11) is -2.87. The number of hydrogen-bond donors (Lipinski definition) is 0. The minimum atomic E-state index is -2.87. The highest BCUT2D eigenvalue weighted by Gasteiger charge is 2.34. The first-order chi connectivity index (χ1) is 10.1. The Morgan fingerprint density at radius 1 is 1.10 bits per heavy atom. The van der Waals surface area contributed by atoms with Gasteiger partial charge < -0.3 is 13.9 Å². The summed E-state index contributed by atoms with van der Waals surface area (Å²) < 4.78 is 23.5. The lowest BCUT2D eigenvalue weighted by Crippen LogP contribution is -2.49. The summed E-state index contributed by atoms with van der Waals surface area (Å²) in [5.41, 5.74) is 0. The Balaban J connectivity index is 1.74. The molecule has 21 heavy (non-hydrogen) atoms. The smallest absolute Gasteiger partial charge is 0.309 e. The van der Waals surface area contributed by atoms with Crippen LogP contribution in [0, 0.1) is 5.92 Å². The van der Waals surface area contributed by atoms with E-state index in [0.29, 0.717) is 25.2 Å². The Kier molecular flexibility index (Phi) is 7.21. The quantitative estimate of drug-likeness (QED) is 0.494. The highest BCUT2D eigenvalue weighted by Crippen LogP contribution is 2.45. The number of rotatable bonds is 8. The summed E-state index contributed by atoms with van der Waals surface area (Å²) in [6.07, 6.45) is 9.63. The van der Waals surface area contributed by atoms with Crippen LogP contribution in [-0.4, -0.2) is 43.9 Å². The first kappa shape index (κ1) is 17.5. The van der Waals surface area contributed by atoms with E-state index >= 15 is 0 Å². The van der Waals surface area contributed by atoms with Gasteiger partial charge in [-0.3, -0.25) is 4.57 Å². The number of hydrogen-bond acceptors (Lipinski definition) is 4. The van der Waals surface area contributed by atoms with E-state index in [9.17, 15) is 4.57 Å². The summed E-state index contributed by atoms with van der Waals surface area (Å²) in [5.74, 6) is 0.534. The van der Waals surface area contributed by atoms with Crippen LogP contribution in [0.4, 0.5) is 0 Å². The van der Waals surface area contributed by atoms with Crippen molar-refractivity contribution in [3.63, 3.8) is 0 Å². The van der Waals surface area contributed by atoms with Crippen molar-refractivity contribution in [1.29, 1.82) is 0 Å². The van der Waals surface area contributed by atoms with Crippen molar-refractivity contribution in [2.75, 3.05) is 33.0 Å². The second-order valence-corrected chi connectivity index (χ2v) is 8.67. The van der Waals surface area contributed by atoms with E-state index in [1.807, 2.05) is 0 Å². The lowest BCUT2D eigenvalue weighted by atomic mass is 9.84. The fourth-order valence-corrected chi connectivity index (χ4v) is 4.62. The Morgan fingerprint density at radius 2 is 1.90 bits per heavy atom. The molecule has 0 N–H and O–H groups in total. The average Bonchev–Trinajstić information content (AvgIpc) is 2.50. The van der Waals surface area contributed by atoms with E-state index in [4.69, 9.17) is 9.05 Å². The minimum Gasteiger partial charge on any atom is -0.309 e. The van der Waals surface area contributed by atoms with Crippen molar-refractivity contribution < 1.29 is 13.6 Å². The fraction of sp³-hybridized carbons (Fsp3) is 1.00. The van der Waals surface area contributed by atoms with Crippen LogP contribution in [-0.2, 0) is 13.6 Å². The molecule has 2 saturated heterocycles. The maximum absolute atomic E-state index is 12.3. The van der Waals surface area contributed by atoms with Gasteiger partial charge in [0.2, 0.25) is 0 Å². The molecule has 3 atom stereocenters. The van der Waals surface area contributed by atoms with Crippen LogP contribution in [0.5, 0.6) is 0 Å². The zero-order valence-corrected chi connectivity index (χ0v) is 14.7. The summed E-state index contributed by atoms with van der Waals surface area (Å²) >= 11 is 0. The van der Waals surface area contributed by atoms with E-state index in [1.165, 1.54) is 45.2 Å². The standard InChI is InChI=1S/C16H32NO3P/c1-3-4-7-13-19-21(2,18)20-14-15-9-8-12-17-11-6-5-10-16(15)17/h15-16H,3-14H2,1-2H3/t15-,16+,21-/m0/s1. The second-order valence-electron chi connectivity index (χ2n) is 6.61. The maximum atomic E-state index is 12.3. The van der Waals surface area contributed by atoms with Gasteiger partial charge in [-0.05, 0) is 51.1 Å². The van der Waals surface area contributed by atoms with Crippen LogP contribution in [0.25, 0.3) is 0 Å². The number of unbranched alkanes of at least 4 members (excludes halogenated alkanes) is 2. The van der Waals surface area contributed by atoms with Crippen LogP contribution in [0.1, 0.15) is 58.3 Å². The summed E-state index contributed by atoms with van der Waals surface area (Å²) in [4.78, 5) is 2.61.